The Morgan fingerprint density at radius 1 is 1.03 bits per heavy atom. The molecule has 0 unspecified atom stereocenters. The molecule has 30 heavy (non-hydrogen) atoms. The van der Waals surface area contributed by atoms with Gasteiger partial charge in [-0.15, -0.1) is 0 Å². The van der Waals surface area contributed by atoms with Crippen LogP contribution >= 0.6 is 23.2 Å². The molecule has 0 fully saturated rings. The third kappa shape index (κ3) is 4.46. The number of anilines is 1. The highest BCUT2D eigenvalue weighted by molar-refractivity contribution is 6.33. The number of carbonyl (C=O) groups excluding carboxylic acids is 1. The van der Waals surface area contributed by atoms with Gasteiger partial charge in [0, 0.05) is 47.5 Å². The van der Waals surface area contributed by atoms with Gasteiger partial charge in [0.25, 0.3) is 5.91 Å². The molecule has 1 amide bonds. The number of hydrogen-bond donors (Lipinski definition) is 2. The predicted molar refractivity (Wildman–Crippen MR) is 124 cm³/mol. The number of benzene rings is 3. The summed E-state index contributed by atoms with van der Waals surface area (Å²) in [5.74, 6) is -0.110. The summed E-state index contributed by atoms with van der Waals surface area (Å²) in [7, 11) is 0. The van der Waals surface area contributed by atoms with Crippen LogP contribution in [0, 0.1) is 0 Å². The summed E-state index contributed by atoms with van der Waals surface area (Å²) in [6.07, 6.45) is 0.995. The van der Waals surface area contributed by atoms with E-state index in [1.54, 1.807) is 6.07 Å². The van der Waals surface area contributed by atoms with Gasteiger partial charge in [-0.2, -0.15) is 0 Å². The normalized spacial score (nSPS) is 12.7. The molecule has 4 rings (SSSR count). The predicted octanol–water partition coefficient (Wildman–Crippen LogP) is 4.91. The van der Waals surface area contributed by atoms with Gasteiger partial charge in [-0.1, -0.05) is 47.5 Å². The molecular weight excluding hydrogens is 417 g/mol. The monoisotopic (exact) mass is 439 g/mol. The Bertz CT molecular complexity index is 1080. The summed E-state index contributed by atoms with van der Waals surface area (Å²) in [5.41, 5.74) is 11.7. The maximum absolute atomic E-state index is 12.3. The van der Waals surface area contributed by atoms with E-state index in [0.717, 1.165) is 34.7 Å². The Labute approximate surface area is 186 Å². The summed E-state index contributed by atoms with van der Waals surface area (Å²) in [5, 5.41) is 4.23. The minimum atomic E-state index is -0.110. The molecule has 154 valence electrons. The minimum absolute atomic E-state index is 0.110. The van der Waals surface area contributed by atoms with Crippen LogP contribution in [-0.2, 0) is 13.0 Å². The van der Waals surface area contributed by atoms with E-state index in [9.17, 15) is 4.79 Å². The minimum Gasteiger partial charge on any atom is -0.367 e. The highest BCUT2D eigenvalue weighted by Crippen LogP contribution is 2.35. The Hall–Kier alpha value is -2.53. The zero-order valence-corrected chi connectivity index (χ0v) is 18.0. The topological polar surface area (TPSA) is 58.4 Å². The first-order valence-electron chi connectivity index (χ1n) is 9.95. The Morgan fingerprint density at radius 3 is 2.70 bits per heavy atom. The Balaban J connectivity index is 1.60. The fraction of sp³-hybridized carbons (Fsp3) is 0.208. The molecule has 0 bridgehead atoms. The molecule has 0 spiro atoms. The van der Waals surface area contributed by atoms with E-state index in [4.69, 9.17) is 28.9 Å². The maximum Gasteiger partial charge on any atom is 0.251 e. The van der Waals surface area contributed by atoms with Gasteiger partial charge in [0.1, 0.15) is 0 Å². The van der Waals surface area contributed by atoms with Crippen LogP contribution in [0.2, 0.25) is 10.0 Å². The standard InChI is InChI=1S/C24H23Cl2N3O/c25-21-6-7-22(26)20(13-21)15-29-11-8-16-4-5-18(14-23(16)29)17-2-1-3-19(12-17)24(30)28-10-9-27/h1-7,12-14H,8-11,15,27H2,(H,28,30). The second-order valence-corrected chi connectivity index (χ2v) is 8.22. The molecule has 0 radical (unpaired) electrons. The van der Waals surface area contributed by atoms with E-state index in [2.05, 4.69) is 28.4 Å². The number of rotatable bonds is 6. The highest BCUT2D eigenvalue weighted by atomic mass is 35.5. The number of carbonyl (C=O) groups is 1. The maximum atomic E-state index is 12.3. The molecule has 3 aromatic carbocycles. The second kappa shape index (κ2) is 9.09. The van der Waals surface area contributed by atoms with Gasteiger partial charge in [0.15, 0.2) is 0 Å². The lowest BCUT2D eigenvalue weighted by molar-refractivity contribution is 0.0955. The second-order valence-electron chi connectivity index (χ2n) is 7.38. The van der Waals surface area contributed by atoms with Gasteiger partial charge in [0.2, 0.25) is 0 Å². The van der Waals surface area contributed by atoms with Gasteiger partial charge in [-0.3, -0.25) is 4.79 Å². The highest BCUT2D eigenvalue weighted by Gasteiger charge is 2.21. The van der Waals surface area contributed by atoms with Crippen molar-refractivity contribution in [1.29, 1.82) is 0 Å². The van der Waals surface area contributed by atoms with Crippen molar-refractivity contribution in [1.82, 2.24) is 5.32 Å². The van der Waals surface area contributed by atoms with E-state index in [1.165, 1.54) is 11.3 Å². The van der Waals surface area contributed by atoms with Gasteiger partial charge in [0.05, 0.1) is 0 Å². The molecule has 6 heteroatoms. The molecule has 1 heterocycles. The van der Waals surface area contributed by atoms with Gasteiger partial charge >= 0.3 is 0 Å². The average Bonchev–Trinajstić information content (AvgIpc) is 3.16. The number of halogens is 2. The Kier molecular flexibility index (Phi) is 6.28. The number of amides is 1. The molecule has 0 aromatic heterocycles. The zero-order valence-electron chi connectivity index (χ0n) is 16.5. The first-order chi connectivity index (χ1) is 14.5. The van der Waals surface area contributed by atoms with Crippen LogP contribution in [0.4, 0.5) is 5.69 Å². The van der Waals surface area contributed by atoms with Crippen LogP contribution in [0.25, 0.3) is 11.1 Å². The van der Waals surface area contributed by atoms with Crippen molar-refractivity contribution in [2.45, 2.75) is 13.0 Å². The number of nitrogens with one attached hydrogen (secondary N) is 1. The summed E-state index contributed by atoms with van der Waals surface area (Å²) in [4.78, 5) is 14.6. The van der Waals surface area contributed by atoms with Crippen molar-refractivity contribution < 1.29 is 4.79 Å². The summed E-state index contributed by atoms with van der Waals surface area (Å²) < 4.78 is 0. The lowest BCUT2D eigenvalue weighted by Crippen LogP contribution is -2.28. The fourth-order valence-corrected chi connectivity index (χ4v) is 4.16. The third-order valence-corrected chi connectivity index (χ3v) is 5.94. The van der Waals surface area contributed by atoms with Crippen molar-refractivity contribution in [3.05, 3.63) is 87.4 Å². The summed E-state index contributed by atoms with van der Waals surface area (Å²) in [6.45, 7) is 2.52. The van der Waals surface area contributed by atoms with E-state index in [0.29, 0.717) is 30.2 Å². The van der Waals surface area contributed by atoms with Crippen LogP contribution in [0.5, 0.6) is 0 Å². The van der Waals surface area contributed by atoms with Crippen LogP contribution in [0.15, 0.2) is 60.7 Å². The zero-order chi connectivity index (χ0) is 21.1. The smallest absolute Gasteiger partial charge is 0.251 e. The van der Waals surface area contributed by atoms with Crippen molar-refractivity contribution in [2.24, 2.45) is 5.73 Å². The van der Waals surface area contributed by atoms with Crippen LogP contribution in [0.3, 0.4) is 0 Å². The molecule has 3 aromatic rings. The molecule has 3 N–H and O–H groups in total. The lowest BCUT2D eigenvalue weighted by atomic mass is 10.00. The number of nitrogens with two attached hydrogens (primary N) is 1. The van der Waals surface area contributed by atoms with E-state index in [1.807, 2.05) is 36.4 Å². The van der Waals surface area contributed by atoms with Gasteiger partial charge in [-0.25, -0.2) is 0 Å². The SMILES string of the molecule is NCCNC(=O)c1cccc(-c2ccc3c(c2)N(Cc2cc(Cl)ccc2Cl)CC3)c1. The van der Waals surface area contributed by atoms with Crippen LogP contribution < -0.4 is 16.0 Å². The van der Waals surface area contributed by atoms with Gasteiger partial charge < -0.3 is 16.0 Å². The molecule has 0 saturated carbocycles. The molecule has 0 aliphatic carbocycles. The molecule has 1 aliphatic heterocycles. The summed E-state index contributed by atoms with van der Waals surface area (Å²) >= 11 is 12.5. The number of nitrogens with zero attached hydrogens (tertiary/aromatic N) is 1. The van der Waals surface area contributed by atoms with E-state index < -0.39 is 0 Å². The van der Waals surface area contributed by atoms with E-state index >= 15 is 0 Å². The van der Waals surface area contributed by atoms with Crippen LogP contribution in [-0.4, -0.2) is 25.5 Å². The molecule has 0 atom stereocenters. The quantitative estimate of drug-likeness (QED) is 0.573. The first kappa shape index (κ1) is 20.7. The van der Waals surface area contributed by atoms with Crippen molar-refractivity contribution in [3.8, 4) is 11.1 Å². The fourth-order valence-electron chi connectivity index (χ4n) is 3.79. The largest absolute Gasteiger partial charge is 0.367 e. The van der Waals surface area contributed by atoms with Crippen molar-refractivity contribution >= 4 is 34.8 Å². The first-order valence-corrected chi connectivity index (χ1v) is 10.7. The Morgan fingerprint density at radius 2 is 1.87 bits per heavy atom. The number of hydrogen-bond acceptors (Lipinski definition) is 3. The molecule has 1 aliphatic rings. The molecular formula is C24H23Cl2N3O. The molecule has 4 nitrogen and oxygen atoms in total. The van der Waals surface area contributed by atoms with Crippen molar-refractivity contribution in [3.63, 3.8) is 0 Å². The summed E-state index contributed by atoms with van der Waals surface area (Å²) in [6, 6.07) is 19.7. The van der Waals surface area contributed by atoms with Crippen LogP contribution in [0.1, 0.15) is 21.5 Å². The molecule has 0 saturated heterocycles. The lowest BCUT2D eigenvalue weighted by Gasteiger charge is -2.21. The van der Waals surface area contributed by atoms with Crippen molar-refractivity contribution in [2.75, 3.05) is 24.5 Å². The van der Waals surface area contributed by atoms with Gasteiger partial charge in [-0.05, 0) is 65.1 Å². The number of fused-ring (bicyclic) bond motifs is 1. The average molecular weight is 440 g/mol. The van der Waals surface area contributed by atoms with E-state index in [-0.39, 0.29) is 5.91 Å². The third-order valence-electron chi connectivity index (χ3n) is 5.33.